The van der Waals surface area contributed by atoms with Gasteiger partial charge in [-0.3, -0.25) is 0 Å². The lowest BCUT2D eigenvalue weighted by Gasteiger charge is -2.22. The van der Waals surface area contributed by atoms with E-state index >= 15 is 0 Å². The number of hydrogen-bond acceptors (Lipinski definition) is 2. The Hall–Kier alpha value is -0.0600. The van der Waals surface area contributed by atoms with Gasteiger partial charge in [-0.2, -0.15) is 0 Å². The first kappa shape index (κ1) is 15.3. The number of para-hydroxylation sites is 1. The summed E-state index contributed by atoms with van der Waals surface area (Å²) in [5, 5.41) is 3.58. The molecule has 0 spiro atoms. The molecule has 1 aromatic rings. The van der Waals surface area contributed by atoms with Gasteiger partial charge in [0.15, 0.2) is 0 Å². The van der Waals surface area contributed by atoms with E-state index in [1.165, 1.54) is 21.1 Å². The maximum Gasteiger partial charge on any atom is 0.0655 e. The Morgan fingerprint density at radius 3 is 2.63 bits per heavy atom. The fraction of sp³-hybridized carbons (Fsp3) is 0.600. The van der Waals surface area contributed by atoms with Crippen LogP contribution < -0.4 is 10.2 Å². The van der Waals surface area contributed by atoms with Crippen molar-refractivity contribution in [3.63, 3.8) is 0 Å². The zero-order valence-corrected chi connectivity index (χ0v) is 14.8. The van der Waals surface area contributed by atoms with E-state index < -0.39 is 0 Å². The van der Waals surface area contributed by atoms with Crippen LogP contribution in [0.1, 0.15) is 20.3 Å². The summed E-state index contributed by atoms with van der Waals surface area (Å²) in [6.07, 6.45) is 1.28. The van der Waals surface area contributed by atoms with Crippen molar-refractivity contribution in [2.75, 3.05) is 31.1 Å². The van der Waals surface area contributed by atoms with Crippen LogP contribution in [-0.4, -0.2) is 26.2 Å². The normalized spacial score (nSPS) is 19.4. The van der Waals surface area contributed by atoms with E-state index in [-0.39, 0.29) is 0 Å². The number of nitrogens with one attached hydrogen (secondary N) is 1. The molecule has 1 aliphatic heterocycles. The molecule has 0 amide bonds. The summed E-state index contributed by atoms with van der Waals surface area (Å²) >= 11 is 7.32. The summed E-state index contributed by atoms with van der Waals surface area (Å²) in [5.41, 5.74) is 1.30. The Morgan fingerprint density at radius 1 is 1.32 bits per heavy atom. The van der Waals surface area contributed by atoms with E-state index in [2.05, 4.69) is 74.1 Å². The summed E-state index contributed by atoms with van der Waals surface area (Å²) in [5.74, 6) is 1.49. The fourth-order valence-electron chi connectivity index (χ4n) is 2.57. The largest absolute Gasteiger partial charge is 0.369 e. The van der Waals surface area contributed by atoms with Crippen molar-refractivity contribution in [1.29, 1.82) is 0 Å². The molecule has 1 fully saturated rings. The van der Waals surface area contributed by atoms with Gasteiger partial charge in [-0.1, -0.05) is 19.9 Å². The molecule has 0 radical (unpaired) electrons. The third kappa shape index (κ3) is 4.20. The summed E-state index contributed by atoms with van der Waals surface area (Å²) in [6.45, 7) is 9.06. The lowest BCUT2D eigenvalue weighted by Crippen LogP contribution is -2.28. The third-order valence-corrected chi connectivity index (χ3v) is 4.81. The van der Waals surface area contributed by atoms with E-state index in [0.29, 0.717) is 0 Å². The molecule has 0 aromatic heterocycles. The summed E-state index contributed by atoms with van der Waals surface area (Å²) in [6, 6.07) is 6.30. The van der Waals surface area contributed by atoms with Crippen molar-refractivity contribution in [2.45, 2.75) is 20.3 Å². The summed E-state index contributed by atoms with van der Waals surface area (Å²) < 4.78 is 2.36. The third-order valence-electron chi connectivity index (χ3n) is 3.53. The van der Waals surface area contributed by atoms with Crippen LogP contribution in [0.15, 0.2) is 27.1 Å². The van der Waals surface area contributed by atoms with Gasteiger partial charge in [0.05, 0.1) is 5.69 Å². The van der Waals surface area contributed by atoms with E-state index in [4.69, 9.17) is 0 Å². The van der Waals surface area contributed by atoms with E-state index in [1.54, 1.807) is 0 Å². The van der Waals surface area contributed by atoms with Crippen molar-refractivity contribution in [1.82, 2.24) is 5.32 Å². The van der Waals surface area contributed by atoms with Crippen LogP contribution in [0.2, 0.25) is 0 Å². The Labute approximate surface area is 133 Å². The van der Waals surface area contributed by atoms with Gasteiger partial charge in [-0.05, 0) is 75.3 Å². The number of hydrogen-bond donors (Lipinski definition) is 1. The summed E-state index contributed by atoms with van der Waals surface area (Å²) in [4.78, 5) is 2.48. The number of anilines is 1. The number of benzene rings is 1. The van der Waals surface area contributed by atoms with Crippen molar-refractivity contribution in [3.8, 4) is 0 Å². The Balaban J connectivity index is 1.91. The Kier molecular flexibility index (Phi) is 5.72. The molecular formula is C15H22Br2N2. The minimum Gasteiger partial charge on any atom is -0.369 e. The van der Waals surface area contributed by atoms with Crippen LogP contribution in [-0.2, 0) is 0 Å². The first-order valence-corrected chi connectivity index (χ1v) is 8.56. The maximum absolute atomic E-state index is 3.66. The number of nitrogens with zero attached hydrogens (tertiary/aromatic N) is 1. The highest BCUT2D eigenvalue weighted by molar-refractivity contribution is 9.11. The number of halogens is 2. The quantitative estimate of drug-likeness (QED) is 0.808. The first-order valence-electron chi connectivity index (χ1n) is 6.97. The van der Waals surface area contributed by atoms with Gasteiger partial charge in [-0.25, -0.2) is 0 Å². The molecule has 1 aliphatic rings. The molecule has 1 N–H and O–H groups in total. The lowest BCUT2D eigenvalue weighted by molar-refractivity contribution is 0.477. The molecule has 4 heteroatoms. The van der Waals surface area contributed by atoms with E-state index in [1.807, 2.05) is 0 Å². The highest BCUT2D eigenvalue weighted by Gasteiger charge is 2.24. The van der Waals surface area contributed by atoms with Gasteiger partial charge in [-0.15, -0.1) is 0 Å². The van der Waals surface area contributed by atoms with Crippen molar-refractivity contribution < 1.29 is 0 Å². The van der Waals surface area contributed by atoms with Crippen LogP contribution in [0.25, 0.3) is 0 Å². The zero-order valence-electron chi connectivity index (χ0n) is 11.6. The molecule has 1 aromatic carbocycles. The van der Waals surface area contributed by atoms with Crippen LogP contribution >= 0.6 is 31.9 Å². The first-order chi connectivity index (χ1) is 9.08. The summed E-state index contributed by atoms with van der Waals surface area (Å²) in [7, 11) is 0. The topological polar surface area (TPSA) is 15.3 Å². The minimum absolute atomic E-state index is 0.731. The molecule has 0 saturated carbocycles. The van der Waals surface area contributed by atoms with Gasteiger partial charge in [0, 0.05) is 22.0 Å². The highest BCUT2D eigenvalue weighted by atomic mass is 79.9. The van der Waals surface area contributed by atoms with E-state index in [9.17, 15) is 0 Å². The average Bonchev–Trinajstić information content (AvgIpc) is 2.77. The van der Waals surface area contributed by atoms with Crippen molar-refractivity contribution in [3.05, 3.63) is 27.1 Å². The van der Waals surface area contributed by atoms with Crippen molar-refractivity contribution >= 4 is 37.5 Å². The van der Waals surface area contributed by atoms with Crippen molar-refractivity contribution in [2.24, 2.45) is 11.8 Å². The van der Waals surface area contributed by atoms with Crippen LogP contribution in [0, 0.1) is 11.8 Å². The molecule has 0 bridgehead atoms. The molecule has 2 rings (SSSR count). The average molecular weight is 390 g/mol. The van der Waals surface area contributed by atoms with E-state index in [0.717, 1.165) is 38.0 Å². The maximum atomic E-state index is 3.66. The molecule has 106 valence electrons. The second kappa shape index (κ2) is 7.09. The van der Waals surface area contributed by atoms with Gasteiger partial charge < -0.3 is 10.2 Å². The molecule has 1 saturated heterocycles. The second-order valence-electron chi connectivity index (χ2n) is 5.72. The van der Waals surface area contributed by atoms with Crippen LogP contribution in [0.3, 0.4) is 0 Å². The Morgan fingerprint density at radius 2 is 2.00 bits per heavy atom. The predicted molar refractivity (Wildman–Crippen MR) is 89.9 cm³/mol. The molecule has 1 heterocycles. The van der Waals surface area contributed by atoms with Crippen LogP contribution in [0.5, 0.6) is 0 Å². The predicted octanol–water partition coefficient (Wildman–Crippen LogP) is 4.28. The van der Waals surface area contributed by atoms with Gasteiger partial charge >= 0.3 is 0 Å². The molecule has 19 heavy (non-hydrogen) atoms. The monoisotopic (exact) mass is 388 g/mol. The smallest absolute Gasteiger partial charge is 0.0655 e. The zero-order chi connectivity index (χ0) is 13.8. The Bertz CT molecular complexity index is 400. The molecule has 2 nitrogen and oxygen atoms in total. The van der Waals surface area contributed by atoms with Crippen LogP contribution in [0.4, 0.5) is 5.69 Å². The fourth-order valence-corrected chi connectivity index (χ4v) is 4.07. The lowest BCUT2D eigenvalue weighted by atomic mass is 10.1. The standard InChI is InChI=1S/C15H22Br2N2/c1-11(2)8-18-9-12-6-7-19(10-12)15-13(16)4-3-5-14(15)17/h3-5,11-12,18H,6-10H2,1-2H3. The second-order valence-corrected chi connectivity index (χ2v) is 7.43. The van der Waals surface area contributed by atoms with Gasteiger partial charge in [0.2, 0.25) is 0 Å². The molecule has 0 aliphatic carbocycles. The SMILES string of the molecule is CC(C)CNCC1CCN(c2c(Br)cccc2Br)C1. The van der Waals surface area contributed by atoms with Gasteiger partial charge in [0.25, 0.3) is 0 Å². The molecular weight excluding hydrogens is 368 g/mol. The van der Waals surface area contributed by atoms with Gasteiger partial charge in [0.1, 0.15) is 0 Å². The molecule has 1 atom stereocenters. The number of rotatable bonds is 5. The minimum atomic E-state index is 0.731. The highest BCUT2D eigenvalue weighted by Crippen LogP contribution is 2.36. The molecule has 1 unspecified atom stereocenters.